The molecule has 164 valence electrons. The van der Waals surface area contributed by atoms with Gasteiger partial charge in [0.25, 0.3) is 0 Å². The summed E-state index contributed by atoms with van der Waals surface area (Å²) in [5, 5.41) is 7.86. The minimum absolute atomic E-state index is 0.196. The average molecular weight is 424 g/mol. The predicted octanol–water partition coefficient (Wildman–Crippen LogP) is 3.36. The van der Waals surface area contributed by atoms with E-state index >= 15 is 0 Å². The zero-order valence-corrected chi connectivity index (χ0v) is 18.2. The van der Waals surface area contributed by atoms with Crippen LogP contribution in [0.25, 0.3) is 10.9 Å². The second kappa shape index (κ2) is 9.83. The Morgan fingerprint density at radius 1 is 1.16 bits per heavy atom. The average Bonchev–Trinajstić information content (AvgIpc) is 3.18. The fourth-order valence-corrected chi connectivity index (χ4v) is 3.95. The molecule has 1 saturated heterocycles. The van der Waals surface area contributed by atoms with Crippen molar-refractivity contribution in [2.24, 2.45) is 4.99 Å². The molecule has 3 aromatic rings. The Hall–Kier alpha value is -3.06. The fourth-order valence-electron chi connectivity index (χ4n) is 3.95. The van der Waals surface area contributed by atoms with Gasteiger partial charge in [-0.1, -0.05) is 18.2 Å². The molecule has 0 amide bonds. The molecule has 6 nitrogen and oxygen atoms in total. The molecule has 1 fully saturated rings. The number of aliphatic imine (C=N–C) groups is 1. The van der Waals surface area contributed by atoms with E-state index in [0.29, 0.717) is 31.4 Å². The number of rotatable bonds is 6. The third-order valence-electron chi connectivity index (χ3n) is 5.66. The van der Waals surface area contributed by atoms with Crippen molar-refractivity contribution in [2.45, 2.75) is 19.9 Å². The van der Waals surface area contributed by atoms with Gasteiger partial charge in [0.15, 0.2) is 5.96 Å². The minimum Gasteiger partial charge on any atom is -0.378 e. The number of hydrogen-bond acceptors (Lipinski definition) is 3. The number of nitrogens with one attached hydrogen (secondary N) is 3. The molecule has 0 atom stereocenters. The molecule has 2 aromatic carbocycles. The lowest BCUT2D eigenvalue weighted by Crippen LogP contribution is -2.38. The molecule has 7 heteroatoms. The van der Waals surface area contributed by atoms with E-state index in [1.165, 1.54) is 22.0 Å². The van der Waals surface area contributed by atoms with Crippen LogP contribution in [0.15, 0.2) is 47.6 Å². The topological polar surface area (TPSA) is 64.7 Å². The lowest BCUT2D eigenvalue weighted by atomic mass is 10.1. The largest absolute Gasteiger partial charge is 0.378 e. The maximum absolute atomic E-state index is 14.6. The van der Waals surface area contributed by atoms with E-state index in [2.05, 4.69) is 51.9 Å². The summed E-state index contributed by atoms with van der Waals surface area (Å²) >= 11 is 0. The Morgan fingerprint density at radius 3 is 2.77 bits per heavy atom. The van der Waals surface area contributed by atoms with Gasteiger partial charge in [0.1, 0.15) is 5.82 Å². The van der Waals surface area contributed by atoms with Gasteiger partial charge >= 0.3 is 0 Å². The van der Waals surface area contributed by atoms with E-state index in [9.17, 15) is 4.39 Å². The highest BCUT2D eigenvalue weighted by atomic mass is 19.1. The number of halogens is 1. The van der Waals surface area contributed by atoms with Crippen LogP contribution in [0.1, 0.15) is 16.7 Å². The van der Waals surface area contributed by atoms with Crippen LogP contribution in [0.2, 0.25) is 0 Å². The van der Waals surface area contributed by atoms with Crippen molar-refractivity contribution in [2.75, 3.05) is 44.8 Å². The highest BCUT2D eigenvalue weighted by Gasteiger charge is 2.15. The van der Waals surface area contributed by atoms with Crippen molar-refractivity contribution >= 4 is 22.5 Å². The van der Waals surface area contributed by atoms with Crippen LogP contribution in [-0.4, -0.2) is 50.8 Å². The third-order valence-corrected chi connectivity index (χ3v) is 5.66. The zero-order chi connectivity index (χ0) is 21.6. The monoisotopic (exact) mass is 423 g/mol. The molecule has 0 saturated carbocycles. The molecule has 1 aliphatic rings. The Bertz CT molecular complexity index is 1060. The summed E-state index contributed by atoms with van der Waals surface area (Å²) in [7, 11) is 1.74. The van der Waals surface area contributed by atoms with Gasteiger partial charge in [-0.3, -0.25) is 4.99 Å². The highest BCUT2D eigenvalue weighted by molar-refractivity contribution is 5.84. The zero-order valence-electron chi connectivity index (χ0n) is 18.2. The van der Waals surface area contributed by atoms with E-state index < -0.39 is 0 Å². The Morgan fingerprint density at radius 2 is 2.00 bits per heavy atom. The first-order valence-electron chi connectivity index (χ1n) is 10.8. The smallest absolute Gasteiger partial charge is 0.191 e. The van der Waals surface area contributed by atoms with Gasteiger partial charge in [0.05, 0.1) is 18.9 Å². The molecule has 0 unspecified atom stereocenters. The van der Waals surface area contributed by atoms with Gasteiger partial charge in [0, 0.05) is 50.3 Å². The summed E-state index contributed by atoms with van der Waals surface area (Å²) in [5.74, 6) is 0.507. The van der Waals surface area contributed by atoms with Gasteiger partial charge in [-0.2, -0.15) is 0 Å². The van der Waals surface area contributed by atoms with Gasteiger partial charge in [-0.25, -0.2) is 4.39 Å². The maximum Gasteiger partial charge on any atom is 0.191 e. The van der Waals surface area contributed by atoms with Gasteiger partial charge in [-0.15, -0.1) is 0 Å². The highest BCUT2D eigenvalue weighted by Crippen LogP contribution is 2.22. The first-order valence-corrected chi connectivity index (χ1v) is 10.8. The molecule has 0 radical (unpaired) electrons. The number of morpholine rings is 1. The number of ether oxygens (including phenoxy) is 1. The maximum atomic E-state index is 14.6. The summed E-state index contributed by atoms with van der Waals surface area (Å²) < 4.78 is 19.9. The number of H-pyrrole nitrogens is 1. The molecule has 0 aliphatic carbocycles. The van der Waals surface area contributed by atoms with E-state index in [-0.39, 0.29) is 5.82 Å². The number of aromatic amines is 1. The van der Waals surface area contributed by atoms with Crippen molar-refractivity contribution in [3.8, 4) is 0 Å². The second-order valence-corrected chi connectivity index (χ2v) is 7.85. The Balaban J connectivity index is 1.28. The molecule has 1 aromatic heterocycles. The molecule has 2 heterocycles. The lowest BCUT2D eigenvalue weighted by molar-refractivity contribution is 0.122. The minimum atomic E-state index is -0.196. The summed E-state index contributed by atoms with van der Waals surface area (Å²) in [6.07, 6.45) is 2.95. The Kier molecular flexibility index (Phi) is 6.72. The summed E-state index contributed by atoms with van der Waals surface area (Å²) in [4.78, 5) is 9.65. The van der Waals surface area contributed by atoms with E-state index in [4.69, 9.17) is 4.74 Å². The van der Waals surface area contributed by atoms with E-state index in [0.717, 1.165) is 31.6 Å². The molecule has 3 N–H and O–H groups in total. The van der Waals surface area contributed by atoms with Crippen LogP contribution in [0.5, 0.6) is 0 Å². The van der Waals surface area contributed by atoms with Gasteiger partial charge in [0.2, 0.25) is 0 Å². The van der Waals surface area contributed by atoms with Crippen LogP contribution >= 0.6 is 0 Å². The number of fused-ring (bicyclic) bond motifs is 1. The lowest BCUT2D eigenvalue weighted by Gasteiger charge is -2.29. The van der Waals surface area contributed by atoms with Crippen LogP contribution in [0.4, 0.5) is 10.1 Å². The summed E-state index contributed by atoms with van der Waals surface area (Å²) in [6.45, 7) is 6.09. The van der Waals surface area contributed by atoms with Gasteiger partial charge < -0.3 is 25.3 Å². The van der Waals surface area contributed by atoms with Crippen LogP contribution < -0.4 is 15.5 Å². The van der Waals surface area contributed by atoms with E-state index in [1.807, 2.05) is 17.0 Å². The van der Waals surface area contributed by atoms with Crippen molar-refractivity contribution in [3.63, 3.8) is 0 Å². The van der Waals surface area contributed by atoms with Crippen molar-refractivity contribution in [3.05, 3.63) is 65.1 Å². The first kappa shape index (κ1) is 21.2. The number of benzene rings is 2. The predicted molar refractivity (Wildman–Crippen MR) is 124 cm³/mol. The number of anilines is 1. The normalized spacial score (nSPS) is 14.8. The number of nitrogens with zero attached hydrogens (tertiary/aromatic N) is 2. The Labute approximate surface area is 182 Å². The standard InChI is InChI=1S/C24H30FN5O/c1-17-3-5-20-19(16-28-22(20)13-17)7-8-27-24(26-2)29-15-18-4-6-23(21(25)14-18)30-9-11-31-12-10-30/h3-6,13-14,16,28H,7-12,15H2,1-2H3,(H2,26,27,29). The van der Waals surface area contributed by atoms with Crippen LogP contribution in [-0.2, 0) is 17.7 Å². The third kappa shape index (κ3) is 5.17. The molecular formula is C24H30FN5O. The van der Waals surface area contributed by atoms with Gasteiger partial charge in [-0.05, 0) is 48.2 Å². The van der Waals surface area contributed by atoms with E-state index in [1.54, 1.807) is 13.1 Å². The fraction of sp³-hybridized carbons (Fsp3) is 0.375. The first-order chi connectivity index (χ1) is 15.1. The number of hydrogen-bond donors (Lipinski definition) is 3. The van der Waals surface area contributed by atoms with Crippen molar-refractivity contribution in [1.82, 2.24) is 15.6 Å². The van der Waals surface area contributed by atoms with Crippen LogP contribution in [0.3, 0.4) is 0 Å². The van der Waals surface area contributed by atoms with Crippen molar-refractivity contribution < 1.29 is 9.13 Å². The molecule has 31 heavy (non-hydrogen) atoms. The quantitative estimate of drug-likeness (QED) is 0.420. The number of aromatic nitrogens is 1. The number of guanidine groups is 1. The van der Waals surface area contributed by atoms with Crippen LogP contribution in [0, 0.1) is 12.7 Å². The molecular weight excluding hydrogens is 393 g/mol. The molecule has 1 aliphatic heterocycles. The SMILES string of the molecule is CN=C(NCCc1c[nH]c2cc(C)ccc12)NCc1ccc(N2CCOCC2)c(F)c1. The summed E-state index contributed by atoms with van der Waals surface area (Å²) in [6, 6.07) is 11.9. The summed E-state index contributed by atoms with van der Waals surface area (Å²) in [5.41, 5.74) is 5.21. The molecule has 0 spiro atoms. The molecule has 4 rings (SSSR count). The second-order valence-electron chi connectivity index (χ2n) is 7.85. The number of aryl methyl sites for hydroxylation is 1. The van der Waals surface area contributed by atoms with Crippen molar-refractivity contribution in [1.29, 1.82) is 0 Å². The molecule has 0 bridgehead atoms.